The molecule has 21 heavy (non-hydrogen) atoms. The van der Waals surface area contributed by atoms with Gasteiger partial charge >= 0.3 is 0 Å². The van der Waals surface area contributed by atoms with E-state index in [1.807, 2.05) is 0 Å². The second kappa shape index (κ2) is 6.71. The molecule has 0 amide bonds. The number of piperidine rings is 1. The van der Waals surface area contributed by atoms with Crippen molar-refractivity contribution in [1.82, 2.24) is 13.5 Å². The molecule has 0 bridgehead atoms. The van der Waals surface area contributed by atoms with E-state index in [0.717, 1.165) is 45.2 Å². The molecule has 0 radical (unpaired) electrons. The SMILES string of the molecule is O=S(=O)(N1CCCN2CCCC2C1)N1CCCCC1CCl. The zero-order chi connectivity index (χ0) is 14.9. The summed E-state index contributed by atoms with van der Waals surface area (Å²) in [5, 5.41) is 0. The second-order valence-electron chi connectivity index (χ2n) is 6.47. The van der Waals surface area contributed by atoms with Crippen LogP contribution in [0.1, 0.15) is 38.5 Å². The average molecular weight is 336 g/mol. The first kappa shape index (κ1) is 16.0. The van der Waals surface area contributed by atoms with Crippen LogP contribution in [0.5, 0.6) is 0 Å². The number of hydrogen-bond acceptors (Lipinski definition) is 3. The van der Waals surface area contributed by atoms with Gasteiger partial charge in [-0.1, -0.05) is 6.42 Å². The highest BCUT2D eigenvalue weighted by Gasteiger charge is 2.39. The van der Waals surface area contributed by atoms with Crippen LogP contribution in [-0.2, 0) is 10.2 Å². The van der Waals surface area contributed by atoms with Crippen molar-refractivity contribution in [3.63, 3.8) is 0 Å². The van der Waals surface area contributed by atoms with Gasteiger partial charge in [0.25, 0.3) is 10.2 Å². The summed E-state index contributed by atoms with van der Waals surface area (Å²) in [7, 11) is -3.35. The highest BCUT2D eigenvalue weighted by atomic mass is 35.5. The number of hydrogen-bond donors (Lipinski definition) is 0. The maximum atomic E-state index is 13.0. The van der Waals surface area contributed by atoms with Crippen LogP contribution in [0, 0.1) is 0 Å². The van der Waals surface area contributed by atoms with Crippen molar-refractivity contribution >= 4 is 21.8 Å². The van der Waals surface area contributed by atoms with Crippen molar-refractivity contribution in [3.8, 4) is 0 Å². The third-order valence-corrected chi connectivity index (χ3v) is 7.55. The molecule has 3 rings (SSSR count). The lowest BCUT2D eigenvalue weighted by Crippen LogP contribution is -2.52. The van der Waals surface area contributed by atoms with Gasteiger partial charge in [0.2, 0.25) is 0 Å². The number of alkyl halides is 1. The largest absolute Gasteiger partial charge is 0.299 e. The van der Waals surface area contributed by atoms with Crippen LogP contribution in [0.25, 0.3) is 0 Å². The first-order valence-electron chi connectivity index (χ1n) is 8.20. The fourth-order valence-electron chi connectivity index (χ4n) is 3.96. The summed E-state index contributed by atoms with van der Waals surface area (Å²) < 4.78 is 29.5. The lowest BCUT2D eigenvalue weighted by Gasteiger charge is -2.37. The Labute approximate surface area is 133 Å². The number of nitrogens with zero attached hydrogens (tertiary/aromatic N) is 3. The quantitative estimate of drug-likeness (QED) is 0.734. The topological polar surface area (TPSA) is 43.9 Å². The van der Waals surface area contributed by atoms with Gasteiger partial charge in [0.05, 0.1) is 0 Å². The Morgan fingerprint density at radius 3 is 2.57 bits per heavy atom. The average Bonchev–Trinajstić information content (AvgIpc) is 2.83. The second-order valence-corrected chi connectivity index (χ2v) is 8.66. The summed E-state index contributed by atoms with van der Waals surface area (Å²) in [6.07, 6.45) is 6.20. The van der Waals surface area contributed by atoms with E-state index in [4.69, 9.17) is 11.6 Å². The van der Waals surface area contributed by atoms with E-state index < -0.39 is 10.2 Å². The maximum absolute atomic E-state index is 13.0. The van der Waals surface area contributed by atoms with Gasteiger partial charge in [-0.2, -0.15) is 17.0 Å². The molecule has 3 fully saturated rings. The fraction of sp³-hybridized carbons (Fsp3) is 1.00. The van der Waals surface area contributed by atoms with Crippen LogP contribution in [-0.4, -0.2) is 72.6 Å². The third-order valence-electron chi connectivity index (χ3n) is 5.14. The molecule has 2 atom stereocenters. The highest BCUT2D eigenvalue weighted by Crippen LogP contribution is 2.27. The van der Waals surface area contributed by atoms with Gasteiger partial charge in [0, 0.05) is 37.6 Å². The third kappa shape index (κ3) is 3.24. The molecule has 3 aliphatic heterocycles. The van der Waals surface area contributed by atoms with Crippen LogP contribution in [0.15, 0.2) is 0 Å². The van der Waals surface area contributed by atoms with Crippen molar-refractivity contribution in [3.05, 3.63) is 0 Å². The molecule has 122 valence electrons. The molecule has 0 aromatic carbocycles. The molecule has 2 unspecified atom stereocenters. The van der Waals surface area contributed by atoms with Crippen molar-refractivity contribution < 1.29 is 8.42 Å². The summed E-state index contributed by atoms with van der Waals surface area (Å²) in [4.78, 5) is 2.46. The van der Waals surface area contributed by atoms with E-state index in [1.54, 1.807) is 8.61 Å². The zero-order valence-corrected chi connectivity index (χ0v) is 14.2. The van der Waals surface area contributed by atoms with E-state index >= 15 is 0 Å². The Kier molecular flexibility index (Phi) is 5.11. The Morgan fingerprint density at radius 2 is 1.76 bits per heavy atom. The van der Waals surface area contributed by atoms with Crippen LogP contribution in [0.3, 0.4) is 0 Å². The molecule has 0 saturated carbocycles. The Morgan fingerprint density at radius 1 is 0.952 bits per heavy atom. The van der Waals surface area contributed by atoms with Crippen LogP contribution < -0.4 is 0 Å². The van der Waals surface area contributed by atoms with Crippen LogP contribution >= 0.6 is 11.6 Å². The Bertz CT molecular complexity index is 459. The van der Waals surface area contributed by atoms with Gasteiger partial charge in [-0.25, -0.2) is 0 Å². The van der Waals surface area contributed by atoms with Gasteiger partial charge in [-0.15, -0.1) is 11.6 Å². The molecule has 3 saturated heterocycles. The fourth-order valence-corrected chi connectivity index (χ4v) is 6.30. The van der Waals surface area contributed by atoms with E-state index in [-0.39, 0.29) is 6.04 Å². The lowest BCUT2D eigenvalue weighted by atomic mass is 10.1. The summed E-state index contributed by atoms with van der Waals surface area (Å²) in [6.45, 7) is 4.11. The molecular formula is C14H26ClN3O2S. The Balaban J connectivity index is 1.76. The summed E-state index contributed by atoms with van der Waals surface area (Å²) in [5.41, 5.74) is 0. The minimum atomic E-state index is -3.35. The molecule has 0 aromatic heterocycles. The first-order valence-corrected chi connectivity index (χ1v) is 10.1. The molecule has 0 aromatic rings. The number of rotatable bonds is 3. The molecule has 0 aliphatic carbocycles. The smallest absolute Gasteiger partial charge is 0.282 e. The van der Waals surface area contributed by atoms with Gasteiger partial charge < -0.3 is 0 Å². The highest BCUT2D eigenvalue weighted by molar-refractivity contribution is 7.86. The molecule has 3 aliphatic rings. The molecule has 7 heteroatoms. The molecular weight excluding hydrogens is 310 g/mol. The van der Waals surface area contributed by atoms with Crippen molar-refractivity contribution in [2.45, 2.75) is 50.6 Å². The molecule has 0 spiro atoms. The monoisotopic (exact) mass is 335 g/mol. The summed E-state index contributed by atoms with van der Waals surface area (Å²) in [6, 6.07) is 0.398. The Hall–Kier alpha value is 0.120. The van der Waals surface area contributed by atoms with E-state index in [9.17, 15) is 8.42 Å². The predicted octanol–water partition coefficient (Wildman–Crippen LogP) is 1.49. The minimum Gasteiger partial charge on any atom is -0.299 e. The van der Waals surface area contributed by atoms with Crippen molar-refractivity contribution in [2.24, 2.45) is 0 Å². The van der Waals surface area contributed by atoms with E-state index in [0.29, 0.717) is 31.6 Å². The van der Waals surface area contributed by atoms with Crippen LogP contribution in [0.2, 0.25) is 0 Å². The first-order chi connectivity index (χ1) is 10.1. The number of fused-ring (bicyclic) bond motifs is 1. The van der Waals surface area contributed by atoms with Gasteiger partial charge in [0.1, 0.15) is 0 Å². The number of halogens is 1. The van der Waals surface area contributed by atoms with Gasteiger partial charge in [-0.3, -0.25) is 4.90 Å². The zero-order valence-electron chi connectivity index (χ0n) is 12.6. The lowest BCUT2D eigenvalue weighted by molar-refractivity contribution is 0.231. The van der Waals surface area contributed by atoms with Gasteiger partial charge in [-0.05, 0) is 45.2 Å². The molecule has 5 nitrogen and oxygen atoms in total. The van der Waals surface area contributed by atoms with Crippen LogP contribution in [0.4, 0.5) is 0 Å². The predicted molar refractivity (Wildman–Crippen MR) is 84.8 cm³/mol. The summed E-state index contributed by atoms with van der Waals surface area (Å²) >= 11 is 6.01. The van der Waals surface area contributed by atoms with Gasteiger partial charge in [0.15, 0.2) is 0 Å². The minimum absolute atomic E-state index is 0.0200. The van der Waals surface area contributed by atoms with Crippen molar-refractivity contribution in [1.29, 1.82) is 0 Å². The normalized spacial score (nSPS) is 33.8. The molecule has 0 N–H and O–H groups in total. The van der Waals surface area contributed by atoms with E-state index in [1.165, 1.54) is 6.42 Å². The standard InChI is InChI=1S/C14H26ClN3O2S/c15-11-13-5-1-2-10-18(13)21(19,20)17-9-4-8-16-7-3-6-14(16)12-17/h13-14H,1-12H2. The molecule has 3 heterocycles. The van der Waals surface area contributed by atoms with E-state index in [2.05, 4.69) is 4.90 Å². The summed E-state index contributed by atoms with van der Waals surface area (Å²) in [5.74, 6) is 0.405. The van der Waals surface area contributed by atoms with Crippen molar-refractivity contribution in [2.75, 3.05) is 38.6 Å². The maximum Gasteiger partial charge on any atom is 0.282 e.